The Morgan fingerprint density at radius 3 is 2.45 bits per heavy atom. The number of ether oxygens (including phenoxy) is 1. The number of carbonyl (C=O) groups excluding carboxylic acids is 1. The van der Waals surface area contributed by atoms with Gasteiger partial charge in [-0.25, -0.2) is 0 Å². The maximum absolute atomic E-state index is 13.3. The lowest BCUT2D eigenvalue weighted by Gasteiger charge is -2.36. The van der Waals surface area contributed by atoms with Gasteiger partial charge in [0.2, 0.25) is 0 Å². The van der Waals surface area contributed by atoms with Crippen LogP contribution >= 0.6 is 0 Å². The minimum absolute atomic E-state index is 0.0713. The van der Waals surface area contributed by atoms with Crippen molar-refractivity contribution in [3.63, 3.8) is 0 Å². The van der Waals surface area contributed by atoms with E-state index in [2.05, 4.69) is 5.10 Å². The van der Waals surface area contributed by atoms with Gasteiger partial charge in [-0.3, -0.25) is 19.7 Å². The summed E-state index contributed by atoms with van der Waals surface area (Å²) < 4.78 is 6.63. The van der Waals surface area contributed by atoms with E-state index >= 15 is 0 Å². The third kappa shape index (κ3) is 4.68. The lowest BCUT2D eigenvalue weighted by atomic mass is 10.1. The zero-order chi connectivity index (χ0) is 26.8. The minimum Gasteiger partial charge on any atom is -0.494 e. The standard InChI is InChI=1S/C28H27N5O5/c1-3-38-22-8-6-7-20(17-22)27(34)31-15-13-30(14-16-31)21-11-12-25(33(36)37)26(18-21)32-28(35)24-10-5-4-9-23(24)19(2)29-32/h4-12,17-18H,3,13-16H2,1-2H3. The summed E-state index contributed by atoms with van der Waals surface area (Å²) in [6.07, 6.45) is 0. The van der Waals surface area contributed by atoms with Crippen molar-refractivity contribution >= 4 is 28.1 Å². The normalized spacial score (nSPS) is 13.5. The van der Waals surface area contributed by atoms with Crippen molar-refractivity contribution in [3.8, 4) is 11.4 Å². The second-order valence-electron chi connectivity index (χ2n) is 9.02. The van der Waals surface area contributed by atoms with Crippen LogP contribution in [0.1, 0.15) is 23.0 Å². The van der Waals surface area contributed by atoms with Crippen molar-refractivity contribution in [3.05, 3.63) is 98.5 Å². The predicted octanol–water partition coefficient (Wildman–Crippen LogP) is 3.96. The largest absolute Gasteiger partial charge is 0.494 e. The number of aryl methyl sites for hydroxylation is 1. The molecule has 1 aliphatic heterocycles. The quantitative estimate of drug-likeness (QED) is 0.283. The first-order valence-electron chi connectivity index (χ1n) is 12.4. The lowest BCUT2D eigenvalue weighted by Crippen LogP contribution is -2.48. The number of nitro benzene ring substituents is 1. The molecule has 0 atom stereocenters. The summed E-state index contributed by atoms with van der Waals surface area (Å²) in [6, 6.07) is 18.9. The number of anilines is 1. The highest BCUT2D eigenvalue weighted by Gasteiger charge is 2.25. The van der Waals surface area contributed by atoms with Crippen molar-refractivity contribution in [1.82, 2.24) is 14.7 Å². The van der Waals surface area contributed by atoms with Gasteiger partial charge in [0.05, 0.1) is 22.6 Å². The van der Waals surface area contributed by atoms with Crippen molar-refractivity contribution in [1.29, 1.82) is 0 Å². The Bertz CT molecular complexity index is 1590. The summed E-state index contributed by atoms with van der Waals surface area (Å²) >= 11 is 0. The van der Waals surface area contributed by atoms with Gasteiger partial charge in [-0.15, -0.1) is 0 Å². The van der Waals surface area contributed by atoms with Crippen LogP contribution < -0.4 is 15.2 Å². The molecule has 2 heterocycles. The summed E-state index contributed by atoms with van der Waals surface area (Å²) in [5.41, 5.74) is 1.37. The molecule has 194 valence electrons. The highest BCUT2D eigenvalue weighted by atomic mass is 16.6. The van der Waals surface area contributed by atoms with Gasteiger partial charge in [0, 0.05) is 48.9 Å². The molecule has 0 N–H and O–H groups in total. The number of rotatable bonds is 6. The molecule has 1 aromatic heterocycles. The number of amides is 1. The second kappa shape index (κ2) is 10.3. The molecule has 1 saturated heterocycles. The number of fused-ring (bicyclic) bond motifs is 1. The van der Waals surface area contributed by atoms with Gasteiger partial charge in [-0.05, 0) is 50.2 Å². The Labute approximate surface area is 218 Å². The van der Waals surface area contributed by atoms with E-state index in [1.807, 2.05) is 30.0 Å². The van der Waals surface area contributed by atoms with Crippen LogP contribution in [0.15, 0.2) is 71.5 Å². The van der Waals surface area contributed by atoms with E-state index in [4.69, 9.17) is 4.74 Å². The SMILES string of the molecule is CCOc1cccc(C(=O)N2CCN(c3ccc([N+](=O)[O-])c(-n4nc(C)c5ccccc5c4=O)c3)CC2)c1. The lowest BCUT2D eigenvalue weighted by molar-refractivity contribution is -0.384. The molecule has 10 heteroatoms. The number of piperazine rings is 1. The first-order valence-corrected chi connectivity index (χ1v) is 12.4. The molecule has 0 unspecified atom stereocenters. The molecule has 1 amide bonds. The van der Waals surface area contributed by atoms with Crippen molar-refractivity contribution in [2.24, 2.45) is 0 Å². The van der Waals surface area contributed by atoms with Gasteiger partial charge < -0.3 is 14.5 Å². The van der Waals surface area contributed by atoms with Crippen molar-refractivity contribution < 1.29 is 14.5 Å². The van der Waals surface area contributed by atoms with Crippen LogP contribution in [0.25, 0.3) is 16.5 Å². The van der Waals surface area contributed by atoms with E-state index in [9.17, 15) is 19.7 Å². The summed E-state index contributed by atoms with van der Waals surface area (Å²) in [6.45, 7) is 6.22. The number of carbonyl (C=O) groups is 1. The van der Waals surface area contributed by atoms with Gasteiger partial charge in [0.1, 0.15) is 11.4 Å². The third-order valence-corrected chi connectivity index (χ3v) is 6.70. The predicted molar refractivity (Wildman–Crippen MR) is 144 cm³/mol. The van der Waals surface area contributed by atoms with E-state index < -0.39 is 10.5 Å². The number of nitro groups is 1. The maximum Gasteiger partial charge on any atom is 0.295 e. The van der Waals surface area contributed by atoms with Crippen molar-refractivity contribution in [2.45, 2.75) is 13.8 Å². The molecule has 0 bridgehead atoms. The number of hydrogen-bond acceptors (Lipinski definition) is 7. The van der Waals surface area contributed by atoms with E-state index in [0.717, 1.165) is 10.4 Å². The number of aromatic nitrogens is 2. The fourth-order valence-corrected chi connectivity index (χ4v) is 4.78. The topological polar surface area (TPSA) is 111 Å². The zero-order valence-electron chi connectivity index (χ0n) is 21.2. The average molecular weight is 514 g/mol. The highest BCUT2D eigenvalue weighted by molar-refractivity contribution is 5.94. The number of hydrogen-bond donors (Lipinski definition) is 0. The molecule has 0 saturated carbocycles. The van der Waals surface area contributed by atoms with Gasteiger partial charge in [-0.1, -0.05) is 24.3 Å². The van der Waals surface area contributed by atoms with Crippen LogP contribution in [0.4, 0.5) is 11.4 Å². The molecule has 1 fully saturated rings. The van der Waals surface area contributed by atoms with E-state index in [0.29, 0.717) is 60.6 Å². The van der Waals surface area contributed by atoms with Crippen LogP contribution in [0.3, 0.4) is 0 Å². The fraction of sp³-hybridized carbons (Fsp3) is 0.250. The molecule has 38 heavy (non-hydrogen) atoms. The number of benzene rings is 3. The minimum atomic E-state index is -0.509. The van der Waals surface area contributed by atoms with Gasteiger partial charge in [0.25, 0.3) is 17.2 Å². The smallest absolute Gasteiger partial charge is 0.295 e. The van der Waals surface area contributed by atoms with E-state index in [1.54, 1.807) is 54.3 Å². The summed E-state index contributed by atoms with van der Waals surface area (Å²) in [5, 5.41) is 17.4. The molecular formula is C28H27N5O5. The van der Waals surface area contributed by atoms with E-state index in [-0.39, 0.29) is 17.3 Å². The Morgan fingerprint density at radius 2 is 1.74 bits per heavy atom. The van der Waals surface area contributed by atoms with Crippen LogP contribution in [-0.2, 0) is 0 Å². The van der Waals surface area contributed by atoms with Crippen LogP contribution in [-0.4, -0.2) is 58.3 Å². The highest BCUT2D eigenvalue weighted by Crippen LogP contribution is 2.29. The zero-order valence-corrected chi connectivity index (χ0v) is 21.2. The van der Waals surface area contributed by atoms with Crippen LogP contribution in [0.5, 0.6) is 5.75 Å². The Hall–Kier alpha value is -4.73. The summed E-state index contributed by atoms with van der Waals surface area (Å²) in [7, 11) is 0. The molecule has 0 radical (unpaired) electrons. The summed E-state index contributed by atoms with van der Waals surface area (Å²) in [5.74, 6) is 0.584. The molecule has 5 rings (SSSR count). The number of nitrogens with zero attached hydrogens (tertiary/aromatic N) is 5. The molecule has 0 aliphatic carbocycles. The molecule has 10 nitrogen and oxygen atoms in total. The van der Waals surface area contributed by atoms with Gasteiger partial charge in [0.15, 0.2) is 0 Å². The van der Waals surface area contributed by atoms with Gasteiger partial charge >= 0.3 is 0 Å². The van der Waals surface area contributed by atoms with E-state index in [1.165, 1.54) is 6.07 Å². The first-order chi connectivity index (χ1) is 18.4. The molecule has 0 spiro atoms. The maximum atomic E-state index is 13.3. The van der Waals surface area contributed by atoms with Gasteiger partial charge in [-0.2, -0.15) is 9.78 Å². The third-order valence-electron chi connectivity index (χ3n) is 6.70. The Balaban J connectivity index is 1.42. The molecular weight excluding hydrogens is 486 g/mol. The first kappa shape index (κ1) is 24.9. The second-order valence-corrected chi connectivity index (χ2v) is 9.02. The summed E-state index contributed by atoms with van der Waals surface area (Å²) in [4.78, 5) is 41.5. The molecule has 1 aliphatic rings. The average Bonchev–Trinajstić information content (AvgIpc) is 2.94. The monoisotopic (exact) mass is 513 g/mol. The molecule has 4 aromatic rings. The Kier molecular flexibility index (Phi) is 6.78. The fourth-order valence-electron chi connectivity index (χ4n) is 4.78. The van der Waals surface area contributed by atoms with Crippen molar-refractivity contribution in [2.75, 3.05) is 37.7 Å². The van der Waals surface area contributed by atoms with Crippen LogP contribution in [0, 0.1) is 17.0 Å². The van der Waals surface area contributed by atoms with Crippen LogP contribution in [0.2, 0.25) is 0 Å². The molecule has 3 aromatic carbocycles. The Morgan fingerprint density at radius 1 is 1.00 bits per heavy atom.